The molecule has 0 aromatic carbocycles. The van der Waals surface area contributed by atoms with Crippen LogP contribution in [0.3, 0.4) is 0 Å². The molecule has 0 aliphatic carbocycles. The third-order valence-electron chi connectivity index (χ3n) is 2.79. The van der Waals surface area contributed by atoms with E-state index in [1.165, 1.54) is 45.4 Å². The molecule has 0 bridgehead atoms. The van der Waals surface area contributed by atoms with E-state index in [4.69, 9.17) is 0 Å². The van der Waals surface area contributed by atoms with Gasteiger partial charge in [0.15, 0.2) is 0 Å². The predicted molar refractivity (Wildman–Crippen MR) is 53.4 cm³/mol. The third-order valence-corrected chi connectivity index (χ3v) is 2.79. The number of nitrogens with zero attached hydrogens (tertiary/aromatic N) is 1. The van der Waals surface area contributed by atoms with E-state index >= 15 is 0 Å². The van der Waals surface area contributed by atoms with Crippen LogP contribution in [0.1, 0.15) is 26.2 Å². The van der Waals surface area contributed by atoms with E-state index in [9.17, 15) is 0 Å². The number of hydrogen-bond acceptors (Lipinski definition) is 2. The molecule has 1 rings (SSSR count). The molecule has 2 heteroatoms. The normalized spacial score (nSPS) is 21.5. The van der Waals surface area contributed by atoms with Crippen molar-refractivity contribution in [1.82, 2.24) is 10.2 Å². The fourth-order valence-electron chi connectivity index (χ4n) is 1.96. The average molecular weight is 170 g/mol. The van der Waals surface area contributed by atoms with E-state index in [0.717, 1.165) is 5.92 Å². The first-order valence-electron chi connectivity index (χ1n) is 5.23. The van der Waals surface area contributed by atoms with Gasteiger partial charge in [-0.05, 0) is 45.4 Å². The molecule has 0 aromatic heterocycles. The van der Waals surface area contributed by atoms with E-state index in [1.54, 1.807) is 0 Å². The summed E-state index contributed by atoms with van der Waals surface area (Å²) in [4.78, 5) is 2.60. The summed E-state index contributed by atoms with van der Waals surface area (Å²) < 4.78 is 0. The lowest BCUT2D eigenvalue weighted by atomic mass is 10.1. The van der Waals surface area contributed by atoms with E-state index in [2.05, 4.69) is 17.1 Å². The highest BCUT2D eigenvalue weighted by atomic mass is 15.1. The molecule has 1 unspecified atom stereocenters. The molecule has 1 N–H and O–H groups in total. The van der Waals surface area contributed by atoms with Crippen molar-refractivity contribution < 1.29 is 0 Å². The van der Waals surface area contributed by atoms with Crippen LogP contribution in [0.25, 0.3) is 0 Å². The summed E-state index contributed by atoms with van der Waals surface area (Å²) in [5.74, 6) is 0.855. The van der Waals surface area contributed by atoms with Crippen LogP contribution in [0.15, 0.2) is 0 Å². The molecule has 0 spiro atoms. The van der Waals surface area contributed by atoms with Crippen LogP contribution >= 0.6 is 0 Å². The Balaban J connectivity index is 2.16. The van der Waals surface area contributed by atoms with Crippen molar-refractivity contribution in [2.24, 2.45) is 5.92 Å². The summed E-state index contributed by atoms with van der Waals surface area (Å²) in [6, 6.07) is 0. The highest BCUT2D eigenvalue weighted by Gasteiger charge is 2.15. The Kier molecular flexibility index (Phi) is 4.62. The van der Waals surface area contributed by atoms with E-state index in [0.29, 0.717) is 0 Å². The lowest BCUT2D eigenvalue weighted by Crippen LogP contribution is -2.31. The zero-order valence-electron chi connectivity index (χ0n) is 8.47. The van der Waals surface area contributed by atoms with E-state index in [1.807, 2.05) is 7.05 Å². The Labute approximate surface area is 76.3 Å². The molecule has 12 heavy (non-hydrogen) atoms. The molecule has 0 amide bonds. The minimum atomic E-state index is 0.855. The maximum absolute atomic E-state index is 3.27. The number of likely N-dealkylation sites (tertiary alicyclic amines) is 1. The topological polar surface area (TPSA) is 15.3 Å². The SMILES string of the molecule is CCC(CNC)CN1CCCC1. The first-order valence-corrected chi connectivity index (χ1v) is 5.23. The number of rotatable bonds is 5. The maximum Gasteiger partial charge on any atom is 0.00217 e. The Hall–Kier alpha value is -0.0800. The van der Waals surface area contributed by atoms with Crippen molar-refractivity contribution in [2.75, 3.05) is 33.2 Å². The third kappa shape index (κ3) is 3.11. The fourth-order valence-corrected chi connectivity index (χ4v) is 1.96. The van der Waals surface area contributed by atoms with Crippen LogP contribution in [-0.2, 0) is 0 Å². The van der Waals surface area contributed by atoms with Crippen molar-refractivity contribution in [3.05, 3.63) is 0 Å². The second-order valence-corrected chi connectivity index (χ2v) is 3.84. The van der Waals surface area contributed by atoms with Gasteiger partial charge in [0.1, 0.15) is 0 Å². The van der Waals surface area contributed by atoms with Gasteiger partial charge in [0.25, 0.3) is 0 Å². The summed E-state index contributed by atoms with van der Waals surface area (Å²) in [5, 5.41) is 3.27. The Morgan fingerprint density at radius 2 is 2.00 bits per heavy atom. The van der Waals surface area contributed by atoms with Gasteiger partial charge in [-0.2, -0.15) is 0 Å². The van der Waals surface area contributed by atoms with Gasteiger partial charge in [0.05, 0.1) is 0 Å². The molecule has 0 radical (unpaired) electrons. The van der Waals surface area contributed by atoms with Gasteiger partial charge in [-0.3, -0.25) is 0 Å². The second-order valence-electron chi connectivity index (χ2n) is 3.84. The van der Waals surface area contributed by atoms with Gasteiger partial charge in [0.2, 0.25) is 0 Å². The van der Waals surface area contributed by atoms with Crippen molar-refractivity contribution >= 4 is 0 Å². The zero-order chi connectivity index (χ0) is 8.81. The first kappa shape index (κ1) is 10.0. The summed E-state index contributed by atoms with van der Waals surface area (Å²) in [7, 11) is 2.05. The van der Waals surface area contributed by atoms with Crippen LogP contribution in [0.2, 0.25) is 0 Å². The summed E-state index contributed by atoms with van der Waals surface area (Å²) in [5.41, 5.74) is 0. The van der Waals surface area contributed by atoms with Crippen LogP contribution < -0.4 is 5.32 Å². The minimum Gasteiger partial charge on any atom is -0.319 e. The first-order chi connectivity index (χ1) is 5.86. The van der Waals surface area contributed by atoms with Crippen LogP contribution in [0, 0.1) is 5.92 Å². The van der Waals surface area contributed by atoms with Crippen LogP contribution in [0.5, 0.6) is 0 Å². The maximum atomic E-state index is 3.27. The second kappa shape index (κ2) is 5.55. The highest BCUT2D eigenvalue weighted by molar-refractivity contribution is 4.71. The lowest BCUT2D eigenvalue weighted by molar-refractivity contribution is 0.270. The number of hydrogen-bond donors (Lipinski definition) is 1. The molecule has 0 saturated carbocycles. The van der Waals surface area contributed by atoms with Crippen molar-refractivity contribution in [3.63, 3.8) is 0 Å². The monoisotopic (exact) mass is 170 g/mol. The molecule has 72 valence electrons. The van der Waals surface area contributed by atoms with Gasteiger partial charge in [0, 0.05) is 6.54 Å². The van der Waals surface area contributed by atoms with Crippen molar-refractivity contribution in [2.45, 2.75) is 26.2 Å². The molecule has 1 heterocycles. The number of nitrogens with one attached hydrogen (secondary N) is 1. The van der Waals surface area contributed by atoms with Gasteiger partial charge in [-0.25, -0.2) is 0 Å². The lowest BCUT2D eigenvalue weighted by Gasteiger charge is -2.21. The molecule has 1 atom stereocenters. The van der Waals surface area contributed by atoms with Crippen molar-refractivity contribution in [1.29, 1.82) is 0 Å². The zero-order valence-corrected chi connectivity index (χ0v) is 8.47. The molecular formula is C10H22N2. The minimum absolute atomic E-state index is 0.855. The smallest absolute Gasteiger partial charge is 0.00217 e. The van der Waals surface area contributed by atoms with E-state index < -0.39 is 0 Å². The quantitative estimate of drug-likeness (QED) is 0.669. The highest BCUT2D eigenvalue weighted by Crippen LogP contribution is 2.11. The molecule has 1 aliphatic heterocycles. The van der Waals surface area contributed by atoms with Crippen molar-refractivity contribution in [3.8, 4) is 0 Å². The molecule has 1 fully saturated rings. The van der Waals surface area contributed by atoms with Gasteiger partial charge in [-0.15, -0.1) is 0 Å². The molecule has 2 nitrogen and oxygen atoms in total. The van der Waals surface area contributed by atoms with Gasteiger partial charge >= 0.3 is 0 Å². The average Bonchev–Trinajstić information content (AvgIpc) is 2.56. The molecular weight excluding hydrogens is 148 g/mol. The van der Waals surface area contributed by atoms with Crippen LogP contribution in [0.4, 0.5) is 0 Å². The predicted octanol–water partition coefficient (Wildman–Crippen LogP) is 1.33. The van der Waals surface area contributed by atoms with Crippen LogP contribution in [-0.4, -0.2) is 38.1 Å². The molecule has 1 saturated heterocycles. The molecule has 0 aromatic rings. The summed E-state index contributed by atoms with van der Waals surface area (Å²) >= 11 is 0. The molecule has 1 aliphatic rings. The Morgan fingerprint density at radius 1 is 1.33 bits per heavy atom. The largest absolute Gasteiger partial charge is 0.319 e. The standard InChI is InChI=1S/C10H22N2/c1-3-10(8-11-2)9-12-6-4-5-7-12/h10-11H,3-9H2,1-2H3. The van der Waals surface area contributed by atoms with Gasteiger partial charge in [-0.1, -0.05) is 13.3 Å². The Bertz CT molecular complexity index is 108. The summed E-state index contributed by atoms with van der Waals surface area (Å²) in [6.45, 7) is 7.43. The van der Waals surface area contributed by atoms with Gasteiger partial charge < -0.3 is 10.2 Å². The van der Waals surface area contributed by atoms with E-state index in [-0.39, 0.29) is 0 Å². The summed E-state index contributed by atoms with van der Waals surface area (Å²) in [6.07, 6.45) is 4.13. The Morgan fingerprint density at radius 3 is 2.50 bits per heavy atom. The fraction of sp³-hybridized carbons (Fsp3) is 1.00.